The summed E-state index contributed by atoms with van der Waals surface area (Å²) < 4.78 is 5.41. The quantitative estimate of drug-likeness (QED) is 0.484. The van der Waals surface area contributed by atoms with Crippen molar-refractivity contribution >= 4 is 15.1 Å². The molecule has 0 aromatic carbocycles. The molecule has 0 spiro atoms. The van der Waals surface area contributed by atoms with Crippen LogP contribution in [0.5, 0.6) is 0 Å². The zero-order valence-corrected chi connectivity index (χ0v) is 7.19. The Morgan fingerprint density at radius 1 is 1.44 bits per heavy atom. The maximum Gasteiger partial charge on any atom is 0.230 e. The highest BCUT2D eigenvalue weighted by Gasteiger charge is 2.18. The molecular weight excluding hydrogens is 110 g/mol. The SMILES string of the molecule is BBOC(C)C(C)(C)C. The summed E-state index contributed by atoms with van der Waals surface area (Å²) in [5.41, 5.74) is 0.288. The molecule has 0 heterocycles. The van der Waals surface area contributed by atoms with Crippen molar-refractivity contribution < 1.29 is 4.65 Å². The Morgan fingerprint density at radius 2 is 1.89 bits per heavy atom. The highest BCUT2D eigenvalue weighted by molar-refractivity contribution is 6.85. The van der Waals surface area contributed by atoms with Crippen LogP contribution in [0.3, 0.4) is 0 Å². The van der Waals surface area contributed by atoms with Crippen LogP contribution >= 0.6 is 0 Å². The summed E-state index contributed by atoms with van der Waals surface area (Å²) >= 11 is 0. The first-order valence-electron chi connectivity index (χ1n) is 3.60. The molecule has 1 nitrogen and oxygen atoms in total. The van der Waals surface area contributed by atoms with Gasteiger partial charge in [-0.15, -0.1) is 0 Å². The van der Waals surface area contributed by atoms with E-state index < -0.39 is 0 Å². The molecule has 52 valence electrons. The Balaban J connectivity index is 3.59. The van der Waals surface area contributed by atoms with E-state index >= 15 is 0 Å². The van der Waals surface area contributed by atoms with Crippen LogP contribution in [0, 0.1) is 5.41 Å². The molecule has 0 saturated heterocycles. The lowest BCUT2D eigenvalue weighted by Crippen LogP contribution is -2.27. The summed E-state index contributed by atoms with van der Waals surface area (Å²) in [4.78, 5) is 0. The van der Waals surface area contributed by atoms with Gasteiger partial charge in [0.25, 0.3) is 0 Å². The normalized spacial score (nSPS) is 15.1. The monoisotopic (exact) mass is 126 g/mol. The molecule has 3 heteroatoms. The lowest BCUT2D eigenvalue weighted by atomic mass is 9.71. The minimum absolute atomic E-state index is 0.288. The first kappa shape index (κ1) is 9.09. The van der Waals surface area contributed by atoms with Gasteiger partial charge in [-0.3, -0.25) is 0 Å². The van der Waals surface area contributed by atoms with Gasteiger partial charge in [-0.2, -0.15) is 0 Å². The van der Waals surface area contributed by atoms with E-state index in [1.165, 1.54) is 0 Å². The first-order valence-corrected chi connectivity index (χ1v) is 3.60. The fourth-order valence-corrected chi connectivity index (χ4v) is 0.500. The standard InChI is InChI=1S/C6H16B2O/c1-5(9-8-7)6(2,3)4/h5,8H,7H2,1-4H3. The maximum absolute atomic E-state index is 5.41. The molecule has 0 saturated carbocycles. The van der Waals surface area contributed by atoms with Gasteiger partial charge in [0.05, 0.1) is 0 Å². The van der Waals surface area contributed by atoms with Crippen LogP contribution in [0.1, 0.15) is 27.7 Å². The second kappa shape index (κ2) is 3.31. The smallest absolute Gasteiger partial charge is 0.230 e. The van der Waals surface area contributed by atoms with E-state index in [0.717, 1.165) is 7.37 Å². The van der Waals surface area contributed by atoms with Crippen molar-refractivity contribution in [1.82, 2.24) is 0 Å². The third kappa shape index (κ3) is 3.63. The first-order chi connectivity index (χ1) is 3.98. The fourth-order valence-electron chi connectivity index (χ4n) is 0.500. The van der Waals surface area contributed by atoms with Crippen molar-refractivity contribution in [1.29, 1.82) is 0 Å². The molecule has 9 heavy (non-hydrogen) atoms. The predicted octanol–water partition coefficient (Wildman–Crippen LogP) is 0.337. The second-order valence-corrected chi connectivity index (χ2v) is 3.46. The lowest BCUT2D eigenvalue weighted by molar-refractivity contribution is 0.112. The number of rotatable bonds is 2. The molecule has 1 atom stereocenters. The lowest BCUT2D eigenvalue weighted by Gasteiger charge is -2.27. The van der Waals surface area contributed by atoms with E-state index in [1.54, 1.807) is 0 Å². The van der Waals surface area contributed by atoms with Crippen LogP contribution in [-0.4, -0.2) is 21.2 Å². The van der Waals surface area contributed by atoms with Crippen molar-refractivity contribution in [3.8, 4) is 0 Å². The summed E-state index contributed by atoms with van der Waals surface area (Å²) in [5.74, 6) is 0. The van der Waals surface area contributed by atoms with E-state index in [-0.39, 0.29) is 5.41 Å². The van der Waals surface area contributed by atoms with E-state index in [4.69, 9.17) is 4.65 Å². The van der Waals surface area contributed by atoms with Gasteiger partial charge in [0.2, 0.25) is 7.37 Å². The molecule has 0 aromatic heterocycles. The summed E-state index contributed by atoms with van der Waals surface area (Å²) in [5, 5.41) is 0. The van der Waals surface area contributed by atoms with Gasteiger partial charge in [-0.1, -0.05) is 20.8 Å². The van der Waals surface area contributed by atoms with Crippen LogP contribution in [0.25, 0.3) is 0 Å². The van der Waals surface area contributed by atoms with Gasteiger partial charge in [0, 0.05) is 6.10 Å². The van der Waals surface area contributed by atoms with Gasteiger partial charge in [0.15, 0.2) is 0 Å². The zero-order valence-electron chi connectivity index (χ0n) is 7.19. The van der Waals surface area contributed by atoms with Crippen molar-refractivity contribution in [2.75, 3.05) is 0 Å². The van der Waals surface area contributed by atoms with Gasteiger partial charge < -0.3 is 4.65 Å². The van der Waals surface area contributed by atoms with Gasteiger partial charge in [-0.05, 0) is 12.3 Å². The average molecular weight is 126 g/mol. The molecule has 0 aliphatic carbocycles. The number of hydrogen-bond acceptors (Lipinski definition) is 1. The summed E-state index contributed by atoms with van der Waals surface area (Å²) in [6.07, 6.45) is 0.363. The van der Waals surface area contributed by atoms with Crippen LogP contribution in [-0.2, 0) is 4.65 Å². The topological polar surface area (TPSA) is 9.23 Å². The van der Waals surface area contributed by atoms with Crippen molar-refractivity contribution in [3.63, 3.8) is 0 Å². The van der Waals surface area contributed by atoms with Crippen LogP contribution in [0.4, 0.5) is 0 Å². The molecule has 0 rings (SSSR count). The molecule has 0 fully saturated rings. The minimum atomic E-state index is 0.288. The van der Waals surface area contributed by atoms with E-state index in [9.17, 15) is 0 Å². The molecule has 0 N–H and O–H groups in total. The van der Waals surface area contributed by atoms with E-state index in [0.29, 0.717) is 6.10 Å². The van der Waals surface area contributed by atoms with Crippen molar-refractivity contribution in [3.05, 3.63) is 0 Å². The minimum Gasteiger partial charge on any atom is -0.447 e. The molecule has 0 aromatic rings. The third-order valence-corrected chi connectivity index (χ3v) is 1.64. The van der Waals surface area contributed by atoms with Gasteiger partial charge >= 0.3 is 0 Å². The Kier molecular flexibility index (Phi) is 3.34. The molecule has 0 bridgehead atoms. The molecule has 0 aliphatic rings. The Morgan fingerprint density at radius 3 is 2.00 bits per heavy atom. The third-order valence-electron chi connectivity index (χ3n) is 1.64. The molecule has 1 unspecified atom stereocenters. The molecule has 0 radical (unpaired) electrons. The highest BCUT2D eigenvalue weighted by Crippen LogP contribution is 2.20. The Labute approximate surface area is 59.8 Å². The number of hydrogen-bond donors (Lipinski definition) is 0. The van der Waals surface area contributed by atoms with Crippen molar-refractivity contribution in [2.24, 2.45) is 5.41 Å². The summed E-state index contributed by atoms with van der Waals surface area (Å²) in [6.45, 7) is 8.68. The largest absolute Gasteiger partial charge is 0.447 e. The zero-order chi connectivity index (χ0) is 7.49. The van der Waals surface area contributed by atoms with E-state index in [1.807, 2.05) is 7.74 Å². The fraction of sp³-hybridized carbons (Fsp3) is 1.00. The summed E-state index contributed by atoms with van der Waals surface area (Å²) in [6, 6.07) is 0. The maximum atomic E-state index is 5.41. The van der Waals surface area contributed by atoms with Crippen LogP contribution in [0.2, 0.25) is 0 Å². The van der Waals surface area contributed by atoms with E-state index in [2.05, 4.69) is 27.7 Å². The predicted molar refractivity (Wildman–Crippen MR) is 45.7 cm³/mol. The Hall–Kier alpha value is 0.0899. The Bertz CT molecular complexity index is 77.6. The van der Waals surface area contributed by atoms with Gasteiger partial charge in [0.1, 0.15) is 7.74 Å². The van der Waals surface area contributed by atoms with Gasteiger partial charge in [-0.25, -0.2) is 0 Å². The van der Waals surface area contributed by atoms with Crippen molar-refractivity contribution in [2.45, 2.75) is 33.8 Å². The highest BCUT2D eigenvalue weighted by atomic mass is 16.4. The second-order valence-electron chi connectivity index (χ2n) is 3.46. The molecule has 0 amide bonds. The average Bonchev–Trinajstić information content (AvgIpc) is 1.64. The molecule has 0 aliphatic heterocycles. The van der Waals surface area contributed by atoms with Crippen LogP contribution in [0.15, 0.2) is 0 Å². The van der Waals surface area contributed by atoms with Crippen LogP contribution < -0.4 is 0 Å². The summed E-state index contributed by atoms with van der Waals surface area (Å²) in [7, 11) is 2.85. The molecular formula is C6H16B2O.